The molecule has 0 saturated heterocycles. The molecule has 1 aromatic carbocycles. The van der Waals surface area contributed by atoms with E-state index < -0.39 is 0 Å². The minimum Gasteiger partial charge on any atom is -0.396 e. The van der Waals surface area contributed by atoms with Gasteiger partial charge in [-0.2, -0.15) is 0 Å². The Morgan fingerprint density at radius 1 is 1.33 bits per heavy atom. The third-order valence-corrected chi connectivity index (χ3v) is 5.02. The average Bonchev–Trinajstić information content (AvgIpc) is 2.99. The number of para-hydroxylation sites is 1. The summed E-state index contributed by atoms with van der Waals surface area (Å²) >= 11 is 0. The van der Waals surface area contributed by atoms with E-state index in [-0.39, 0.29) is 24.5 Å². The summed E-state index contributed by atoms with van der Waals surface area (Å²) in [5.74, 6) is 0.104. The second kappa shape index (κ2) is 7.81. The van der Waals surface area contributed by atoms with Crippen LogP contribution >= 0.6 is 0 Å². The first-order valence-corrected chi connectivity index (χ1v) is 8.73. The molecule has 1 heterocycles. The van der Waals surface area contributed by atoms with E-state index >= 15 is 0 Å². The molecule has 1 saturated carbocycles. The quantitative estimate of drug-likeness (QED) is 0.856. The van der Waals surface area contributed by atoms with Gasteiger partial charge in [0, 0.05) is 43.1 Å². The Balaban J connectivity index is 1.85. The number of nitrogens with zero attached hydrogens (tertiary/aromatic N) is 1. The van der Waals surface area contributed by atoms with Crippen LogP contribution in [0, 0.1) is 5.92 Å². The number of aliphatic hydroxyl groups excluding tert-OH is 1. The number of amides is 1. The van der Waals surface area contributed by atoms with Crippen LogP contribution in [-0.4, -0.2) is 41.9 Å². The number of benzene rings is 1. The molecule has 1 aromatic heterocycles. The molecule has 1 aliphatic carbocycles. The summed E-state index contributed by atoms with van der Waals surface area (Å²) in [5, 5.41) is 13.8. The Bertz CT molecular complexity index is 695. The monoisotopic (exact) mass is 330 g/mol. The molecule has 0 bridgehead atoms. The fourth-order valence-corrected chi connectivity index (χ4v) is 3.68. The lowest BCUT2D eigenvalue weighted by molar-refractivity contribution is 0.0861. The van der Waals surface area contributed by atoms with Crippen molar-refractivity contribution in [2.75, 3.05) is 20.3 Å². The van der Waals surface area contributed by atoms with Crippen molar-refractivity contribution in [2.45, 2.75) is 38.3 Å². The fourth-order valence-electron chi connectivity index (χ4n) is 3.68. The number of aromatic nitrogens is 1. The topological polar surface area (TPSA) is 63.5 Å². The van der Waals surface area contributed by atoms with E-state index in [9.17, 15) is 9.90 Å². The van der Waals surface area contributed by atoms with Gasteiger partial charge in [0.2, 0.25) is 0 Å². The predicted octanol–water partition coefficient (Wildman–Crippen LogP) is 2.57. The predicted molar refractivity (Wildman–Crippen MR) is 94.1 cm³/mol. The van der Waals surface area contributed by atoms with Crippen LogP contribution in [0.4, 0.5) is 0 Å². The second-order valence-electron chi connectivity index (χ2n) is 6.54. The lowest BCUT2D eigenvalue weighted by Gasteiger charge is -2.31. The van der Waals surface area contributed by atoms with Crippen molar-refractivity contribution in [3.8, 4) is 0 Å². The van der Waals surface area contributed by atoms with E-state index in [1.165, 1.54) is 0 Å². The first-order valence-electron chi connectivity index (χ1n) is 8.73. The molecular formula is C19H26N2O3. The Kier molecular flexibility index (Phi) is 5.53. The lowest BCUT2D eigenvalue weighted by Crippen LogP contribution is -2.44. The highest BCUT2D eigenvalue weighted by atomic mass is 16.5. The van der Waals surface area contributed by atoms with Crippen LogP contribution in [0.2, 0.25) is 0 Å². The van der Waals surface area contributed by atoms with Crippen LogP contribution in [0.1, 0.15) is 36.2 Å². The number of hydrogen-bond acceptors (Lipinski definition) is 3. The molecule has 5 nitrogen and oxygen atoms in total. The van der Waals surface area contributed by atoms with E-state index in [4.69, 9.17) is 4.74 Å². The molecule has 2 unspecified atom stereocenters. The van der Waals surface area contributed by atoms with Gasteiger partial charge in [-0.1, -0.05) is 31.0 Å². The summed E-state index contributed by atoms with van der Waals surface area (Å²) in [6.45, 7) is 1.33. The van der Waals surface area contributed by atoms with Crippen LogP contribution < -0.4 is 5.32 Å². The van der Waals surface area contributed by atoms with E-state index in [0.29, 0.717) is 18.8 Å². The van der Waals surface area contributed by atoms with Crippen molar-refractivity contribution >= 4 is 16.8 Å². The number of ether oxygens (including phenoxy) is 1. The Hall–Kier alpha value is -1.85. The van der Waals surface area contributed by atoms with Gasteiger partial charge in [0.1, 0.15) is 5.69 Å². The molecule has 0 spiro atoms. The standard InChI is InChI=1S/C19H26N2O3/c1-24-11-10-21-17-9-5-3-6-14(17)12-18(21)19(23)20-16-8-4-2-7-15(16)13-22/h3,5-6,9,12,15-16,22H,2,4,7-8,10-11,13H2,1H3,(H,20,23). The number of aliphatic hydroxyl groups is 1. The summed E-state index contributed by atoms with van der Waals surface area (Å²) in [4.78, 5) is 12.9. The van der Waals surface area contributed by atoms with E-state index in [0.717, 1.165) is 36.6 Å². The largest absolute Gasteiger partial charge is 0.396 e. The van der Waals surface area contributed by atoms with Gasteiger partial charge in [-0.05, 0) is 25.0 Å². The molecular weight excluding hydrogens is 304 g/mol. The summed E-state index contributed by atoms with van der Waals surface area (Å²) in [5.41, 5.74) is 1.71. The highest BCUT2D eigenvalue weighted by molar-refractivity contribution is 5.98. The van der Waals surface area contributed by atoms with Gasteiger partial charge in [-0.15, -0.1) is 0 Å². The van der Waals surface area contributed by atoms with Gasteiger partial charge in [-0.3, -0.25) is 4.79 Å². The summed E-state index contributed by atoms with van der Waals surface area (Å²) in [6.07, 6.45) is 4.16. The van der Waals surface area contributed by atoms with Gasteiger partial charge >= 0.3 is 0 Å². The van der Waals surface area contributed by atoms with Gasteiger partial charge in [0.05, 0.1) is 6.61 Å². The third-order valence-electron chi connectivity index (χ3n) is 5.02. The maximum Gasteiger partial charge on any atom is 0.268 e. The minimum absolute atomic E-state index is 0.0603. The Morgan fingerprint density at radius 2 is 2.12 bits per heavy atom. The van der Waals surface area contributed by atoms with Crippen molar-refractivity contribution in [3.63, 3.8) is 0 Å². The van der Waals surface area contributed by atoms with Crippen molar-refractivity contribution in [2.24, 2.45) is 5.92 Å². The van der Waals surface area contributed by atoms with E-state index in [2.05, 4.69) is 5.32 Å². The lowest BCUT2D eigenvalue weighted by atomic mass is 9.85. The molecule has 1 fully saturated rings. The molecule has 2 atom stereocenters. The van der Waals surface area contributed by atoms with E-state index in [1.807, 2.05) is 34.9 Å². The fraction of sp³-hybridized carbons (Fsp3) is 0.526. The van der Waals surface area contributed by atoms with Gasteiger partial charge in [0.15, 0.2) is 0 Å². The number of rotatable bonds is 6. The maximum atomic E-state index is 12.9. The first-order chi connectivity index (χ1) is 11.7. The maximum absolute atomic E-state index is 12.9. The smallest absolute Gasteiger partial charge is 0.268 e. The molecule has 0 aliphatic heterocycles. The van der Waals surface area contributed by atoms with Gasteiger partial charge in [0.25, 0.3) is 5.91 Å². The van der Waals surface area contributed by atoms with Crippen molar-refractivity contribution in [1.29, 1.82) is 0 Å². The number of methoxy groups -OCH3 is 1. The van der Waals surface area contributed by atoms with Crippen molar-refractivity contribution in [3.05, 3.63) is 36.0 Å². The first kappa shape index (κ1) is 17.0. The van der Waals surface area contributed by atoms with E-state index in [1.54, 1.807) is 7.11 Å². The second-order valence-corrected chi connectivity index (χ2v) is 6.54. The molecule has 1 amide bonds. The van der Waals surface area contributed by atoms with Crippen LogP contribution in [-0.2, 0) is 11.3 Å². The number of carbonyl (C=O) groups is 1. The Morgan fingerprint density at radius 3 is 2.92 bits per heavy atom. The third kappa shape index (κ3) is 3.47. The Labute approximate surface area is 142 Å². The summed E-state index contributed by atoms with van der Waals surface area (Å²) in [7, 11) is 1.67. The zero-order valence-corrected chi connectivity index (χ0v) is 14.2. The number of hydrogen-bond donors (Lipinski definition) is 2. The molecule has 24 heavy (non-hydrogen) atoms. The van der Waals surface area contributed by atoms with Crippen LogP contribution in [0.25, 0.3) is 10.9 Å². The highest BCUT2D eigenvalue weighted by Crippen LogP contribution is 2.25. The van der Waals surface area contributed by atoms with Gasteiger partial charge < -0.3 is 19.7 Å². The molecule has 5 heteroatoms. The minimum atomic E-state index is -0.0624. The van der Waals surface area contributed by atoms with Gasteiger partial charge in [-0.25, -0.2) is 0 Å². The zero-order valence-electron chi connectivity index (χ0n) is 14.2. The number of nitrogens with one attached hydrogen (secondary N) is 1. The SMILES string of the molecule is COCCn1c(C(=O)NC2CCCCC2CO)cc2ccccc21. The van der Waals surface area contributed by atoms with Crippen molar-refractivity contribution < 1.29 is 14.6 Å². The molecule has 0 radical (unpaired) electrons. The van der Waals surface area contributed by atoms with Crippen LogP contribution in [0.15, 0.2) is 30.3 Å². The number of fused-ring (bicyclic) bond motifs is 1. The van der Waals surface area contributed by atoms with Crippen molar-refractivity contribution in [1.82, 2.24) is 9.88 Å². The number of carbonyl (C=O) groups excluding carboxylic acids is 1. The molecule has 2 N–H and O–H groups in total. The average molecular weight is 330 g/mol. The molecule has 130 valence electrons. The molecule has 3 rings (SSSR count). The molecule has 1 aliphatic rings. The summed E-state index contributed by atoms with van der Waals surface area (Å²) in [6, 6.07) is 10.0. The molecule has 2 aromatic rings. The van der Waals surface area contributed by atoms with Crippen LogP contribution in [0.5, 0.6) is 0 Å². The zero-order chi connectivity index (χ0) is 16.9. The normalized spacial score (nSPS) is 21.1. The highest BCUT2D eigenvalue weighted by Gasteiger charge is 2.27. The van der Waals surface area contributed by atoms with Crippen LogP contribution in [0.3, 0.4) is 0 Å². The summed E-state index contributed by atoms with van der Waals surface area (Å²) < 4.78 is 7.22.